The fourth-order valence-corrected chi connectivity index (χ4v) is 2.90. The van der Waals surface area contributed by atoms with E-state index in [0.29, 0.717) is 30.4 Å². The Morgan fingerprint density at radius 2 is 2.13 bits per heavy atom. The Morgan fingerprint density at radius 1 is 1.39 bits per heavy atom. The summed E-state index contributed by atoms with van der Waals surface area (Å²) in [4.78, 5) is 26.3. The van der Waals surface area contributed by atoms with Crippen molar-refractivity contribution in [2.24, 2.45) is 17.6 Å². The van der Waals surface area contributed by atoms with Crippen LogP contribution in [0.25, 0.3) is 0 Å². The van der Waals surface area contributed by atoms with Crippen molar-refractivity contribution in [3.8, 4) is 0 Å². The number of nitrogens with zero attached hydrogens (tertiary/aromatic N) is 1. The lowest BCUT2D eigenvalue weighted by molar-refractivity contribution is -0.116. The van der Waals surface area contributed by atoms with Crippen LogP contribution in [-0.4, -0.2) is 36.3 Å². The summed E-state index contributed by atoms with van der Waals surface area (Å²) in [6, 6.07) is 5.45. The first-order valence-corrected chi connectivity index (χ1v) is 8.30. The van der Waals surface area contributed by atoms with Gasteiger partial charge >= 0.3 is 0 Å². The summed E-state index contributed by atoms with van der Waals surface area (Å²) < 4.78 is 0. The minimum atomic E-state index is 0.00695. The van der Waals surface area contributed by atoms with Crippen molar-refractivity contribution < 1.29 is 9.59 Å². The van der Waals surface area contributed by atoms with E-state index < -0.39 is 0 Å². The van der Waals surface area contributed by atoms with Crippen molar-refractivity contribution in [2.75, 3.05) is 25.0 Å². The van der Waals surface area contributed by atoms with E-state index in [9.17, 15) is 9.59 Å². The summed E-state index contributed by atoms with van der Waals surface area (Å²) in [6.07, 6.45) is 1.47. The zero-order valence-corrected chi connectivity index (χ0v) is 14.3. The molecule has 1 aromatic carbocycles. The molecule has 1 fully saturated rings. The second-order valence-electron chi connectivity index (χ2n) is 6.82. The van der Waals surface area contributed by atoms with Gasteiger partial charge < -0.3 is 16.0 Å². The number of benzene rings is 1. The van der Waals surface area contributed by atoms with E-state index >= 15 is 0 Å². The normalized spacial score (nSPS) is 17.6. The summed E-state index contributed by atoms with van der Waals surface area (Å²) in [5.74, 6) is 0.785. The van der Waals surface area contributed by atoms with Gasteiger partial charge in [0.1, 0.15) is 0 Å². The average molecular weight is 317 g/mol. The molecule has 2 amide bonds. The molecule has 1 aliphatic heterocycles. The van der Waals surface area contributed by atoms with Gasteiger partial charge in [0.2, 0.25) is 5.91 Å². The van der Waals surface area contributed by atoms with E-state index in [1.807, 2.05) is 37.8 Å². The number of nitrogens with one attached hydrogen (secondary N) is 1. The van der Waals surface area contributed by atoms with Crippen LogP contribution in [0, 0.1) is 18.8 Å². The predicted octanol–water partition coefficient (Wildman–Crippen LogP) is 2.40. The molecular weight excluding hydrogens is 290 g/mol. The van der Waals surface area contributed by atoms with Crippen LogP contribution >= 0.6 is 0 Å². The molecule has 0 saturated carbocycles. The van der Waals surface area contributed by atoms with E-state index in [0.717, 1.165) is 30.8 Å². The van der Waals surface area contributed by atoms with Gasteiger partial charge in [-0.15, -0.1) is 0 Å². The number of carbonyl (C=O) groups excluding carboxylic acids is 2. The Balaban J connectivity index is 2.04. The Kier molecular flexibility index (Phi) is 5.77. The van der Waals surface area contributed by atoms with Crippen molar-refractivity contribution in [1.29, 1.82) is 0 Å². The Hall–Kier alpha value is -1.88. The lowest BCUT2D eigenvalue weighted by Gasteiger charge is -2.17. The number of anilines is 1. The van der Waals surface area contributed by atoms with Crippen LogP contribution in [-0.2, 0) is 4.79 Å². The molecule has 0 aromatic heterocycles. The number of nitrogens with two attached hydrogens (primary N) is 1. The molecule has 1 heterocycles. The first kappa shape index (κ1) is 17.5. The molecule has 3 N–H and O–H groups in total. The van der Waals surface area contributed by atoms with Crippen molar-refractivity contribution in [3.63, 3.8) is 0 Å². The molecule has 126 valence electrons. The zero-order chi connectivity index (χ0) is 17.0. The lowest BCUT2D eigenvalue weighted by atomic mass is 10.1. The predicted molar refractivity (Wildman–Crippen MR) is 92.3 cm³/mol. The third kappa shape index (κ3) is 4.55. The zero-order valence-electron chi connectivity index (χ0n) is 14.3. The van der Waals surface area contributed by atoms with E-state index in [1.165, 1.54) is 0 Å². The smallest absolute Gasteiger partial charge is 0.253 e. The summed E-state index contributed by atoms with van der Waals surface area (Å²) >= 11 is 0. The fraction of sp³-hybridized carbons (Fsp3) is 0.556. The summed E-state index contributed by atoms with van der Waals surface area (Å²) in [7, 11) is 0. The van der Waals surface area contributed by atoms with Gasteiger partial charge in [-0.1, -0.05) is 13.8 Å². The molecule has 1 saturated heterocycles. The van der Waals surface area contributed by atoms with Crippen LogP contribution in [0.2, 0.25) is 0 Å². The summed E-state index contributed by atoms with van der Waals surface area (Å²) in [6.45, 7) is 8.07. The van der Waals surface area contributed by atoms with Crippen molar-refractivity contribution >= 4 is 17.5 Å². The third-order valence-corrected chi connectivity index (χ3v) is 4.25. The Bertz CT molecular complexity index is 584. The Morgan fingerprint density at radius 3 is 2.70 bits per heavy atom. The fourth-order valence-electron chi connectivity index (χ4n) is 2.90. The van der Waals surface area contributed by atoms with Crippen LogP contribution in [0.1, 0.15) is 42.6 Å². The van der Waals surface area contributed by atoms with Gasteiger partial charge in [-0.2, -0.15) is 0 Å². The minimum absolute atomic E-state index is 0.00695. The van der Waals surface area contributed by atoms with Gasteiger partial charge in [-0.05, 0) is 55.5 Å². The van der Waals surface area contributed by atoms with Crippen LogP contribution < -0.4 is 11.1 Å². The second-order valence-corrected chi connectivity index (χ2v) is 6.82. The maximum atomic E-state index is 12.5. The van der Waals surface area contributed by atoms with Crippen molar-refractivity contribution in [2.45, 2.75) is 33.6 Å². The van der Waals surface area contributed by atoms with E-state index in [-0.39, 0.29) is 11.8 Å². The maximum absolute atomic E-state index is 12.5. The largest absolute Gasteiger partial charge is 0.338 e. The molecule has 0 bridgehead atoms. The van der Waals surface area contributed by atoms with Crippen LogP contribution in [0.5, 0.6) is 0 Å². The Labute approximate surface area is 138 Å². The number of aryl methyl sites for hydroxylation is 1. The van der Waals surface area contributed by atoms with Gasteiger partial charge in [0.25, 0.3) is 5.91 Å². The molecule has 1 unspecified atom stereocenters. The molecule has 0 spiro atoms. The molecule has 2 rings (SSSR count). The molecule has 5 heteroatoms. The summed E-state index contributed by atoms with van der Waals surface area (Å²) in [5, 5.41) is 2.91. The van der Waals surface area contributed by atoms with Crippen LogP contribution in [0.4, 0.5) is 5.69 Å². The number of likely N-dealkylation sites (tertiary alicyclic amines) is 1. The molecule has 5 nitrogen and oxygen atoms in total. The second kappa shape index (κ2) is 7.59. The highest BCUT2D eigenvalue weighted by atomic mass is 16.2. The van der Waals surface area contributed by atoms with Gasteiger partial charge in [0.05, 0.1) is 0 Å². The highest BCUT2D eigenvalue weighted by molar-refractivity contribution is 5.96. The van der Waals surface area contributed by atoms with Gasteiger partial charge in [0, 0.05) is 30.8 Å². The van der Waals surface area contributed by atoms with Gasteiger partial charge in [0.15, 0.2) is 0 Å². The molecule has 0 aliphatic carbocycles. The molecule has 0 radical (unpaired) electrons. The number of rotatable bonds is 5. The summed E-state index contributed by atoms with van der Waals surface area (Å²) in [5.41, 5.74) is 8.03. The molecular formula is C18H27N3O2. The highest BCUT2D eigenvalue weighted by Crippen LogP contribution is 2.21. The highest BCUT2D eigenvalue weighted by Gasteiger charge is 2.26. The SMILES string of the molecule is Cc1cc(C(=O)N2CCC(CN)C2)ccc1NC(=O)CC(C)C. The first-order valence-electron chi connectivity index (χ1n) is 8.30. The van der Waals surface area contributed by atoms with Crippen molar-refractivity contribution in [3.05, 3.63) is 29.3 Å². The average Bonchev–Trinajstić information content (AvgIpc) is 2.96. The molecule has 1 aliphatic rings. The number of carbonyl (C=O) groups is 2. The van der Waals surface area contributed by atoms with Crippen molar-refractivity contribution in [1.82, 2.24) is 4.90 Å². The third-order valence-electron chi connectivity index (χ3n) is 4.25. The van der Waals surface area contributed by atoms with Crippen LogP contribution in [0.3, 0.4) is 0 Å². The van der Waals surface area contributed by atoms with Crippen LogP contribution in [0.15, 0.2) is 18.2 Å². The molecule has 1 atom stereocenters. The molecule has 23 heavy (non-hydrogen) atoms. The number of hydrogen-bond acceptors (Lipinski definition) is 3. The number of hydrogen-bond donors (Lipinski definition) is 2. The number of amides is 2. The van der Waals surface area contributed by atoms with E-state index in [4.69, 9.17) is 5.73 Å². The standard InChI is InChI=1S/C18H27N3O2/c1-12(2)8-17(22)20-16-5-4-15(9-13(16)3)18(23)21-7-6-14(10-19)11-21/h4-5,9,12,14H,6-8,10-11,19H2,1-3H3,(H,20,22). The lowest BCUT2D eigenvalue weighted by Crippen LogP contribution is -2.30. The first-order chi connectivity index (χ1) is 10.9. The van der Waals surface area contributed by atoms with E-state index in [1.54, 1.807) is 6.07 Å². The van der Waals surface area contributed by atoms with Gasteiger partial charge in [-0.3, -0.25) is 9.59 Å². The monoisotopic (exact) mass is 317 g/mol. The van der Waals surface area contributed by atoms with Gasteiger partial charge in [-0.25, -0.2) is 0 Å². The van der Waals surface area contributed by atoms with E-state index in [2.05, 4.69) is 5.32 Å². The minimum Gasteiger partial charge on any atom is -0.338 e. The maximum Gasteiger partial charge on any atom is 0.253 e. The molecule has 1 aromatic rings. The topological polar surface area (TPSA) is 75.4 Å². The quantitative estimate of drug-likeness (QED) is 0.875.